The lowest BCUT2D eigenvalue weighted by Crippen LogP contribution is -2.32. The molecule has 0 bridgehead atoms. The molecule has 1 saturated heterocycles. The number of nitrogens with zero attached hydrogens (tertiary/aromatic N) is 1. The third-order valence-electron chi connectivity index (χ3n) is 3.25. The van der Waals surface area contributed by atoms with Crippen LogP contribution in [0.15, 0.2) is 18.2 Å². The van der Waals surface area contributed by atoms with Gasteiger partial charge in [0.05, 0.1) is 0 Å². The molecule has 2 amide bonds. The highest BCUT2D eigenvalue weighted by molar-refractivity contribution is 5.76. The van der Waals surface area contributed by atoms with Gasteiger partial charge in [0.2, 0.25) is 0 Å². The summed E-state index contributed by atoms with van der Waals surface area (Å²) < 4.78 is 0. The van der Waals surface area contributed by atoms with Gasteiger partial charge in [-0.05, 0) is 31.0 Å². The van der Waals surface area contributed by atoms with Crippen molar-refractivity contribution in [2.24, 2.45) is 0 Å². The van der Waals surface area contributed by atoms with E-state index in [0.29, 0.717) is 0 Å². The number of carbonyl (C=O) groups excluding carboxylic acids is 1. The molecule has 1 aliphatic heterocycles. The van der Waals surface area contributed by atoms with Gasteiger partial charge in [-0.25, -0.2) is 4.79 Å². The van der Waals surface area contributed by atoms with Crippen LogP contribution in [0.3, 0.4) is 0 Å². The van der Waals surface area contributed by atoms with Gasteiger partial charge >= 0.3 is 6.03 Å². The van der Waals surface area contributed by atoms with Gasteiger partial charge in [-0.1, -0.05) is 12.1 Å². The molecule has 0 aliphatic carbocycles. The number of nitrogens with one attached hydrogen (secondary N) is 2. The highest BCUT2D eigenvalue weighted by atomic mass is 16.2. The Labute approximate surface area is 102 Å². The lowest BCUT2D eigenvalue weighted by molar-refractivity contribution is 0.219. The smallest absolute Gasteiger partial charge is 0.317 e. The Balaban J connectivity index is 1.86. The molecule has 0 unspecified atom stereocenters. The molecule has 0 aromatic heterocycles. The fraction of sp³-hybridized carbons (Fsp3) is 0.462. The number of hydrogen-bond acceptors (Lipinski definition) is 2. The van der Waals surface area contributed by atoms with E-state index in [1.54, 1.807) is 0 Å². The number of amides is 2. The van der Waals surface area contributed by atoms with Crippen LogP contribution in [-0.2, 0) is 0 Å². The van der Waals surface area contributed by atoms with E-state index in [1.807, 2.05) is 11.0 Å². The molecule has 0 saturated carbocycles. The SMILES string of the molecule is Cc1cccc(NCCN2CCNC2=O)c1C. The maximum Gasteiger partial charge on any atom is 0.317 e. The summed E-state index contributed by atoms with van der Waals surface area (Å²) in [6.45, 7) is 7.33. The molecule has 1 aromatic carbocycles. The molecule has 0 atom stereocenters. The molecular weight excluding hydrogens is 214 g/mol. The van der Waals surface area contributed by atoms with Crippen LogP contribution in [0, 0.1) is 13.8 Å². The zero-order valence-corrected chi connectivity index (χ0v) is 10.4. The van der Waals surface area contributed by atoms with Gasteiger partial charge in [-0.2, -0.15) is 0 Å². The molecule has 17 heavy (non-hydrogen) atoms. The highest BCUT2D eigenvalue weighted by Gasteiger charge is 2.18. The van der Waals surface area contributed by atoms with Crippen LogP contribution in [0.25, 0.3) is 0 Å². The summed E-state index contributed by atoms with van der Waals surface area (Å²) in [7, 11) is 0. The number of benzene rings is 1. The Morgan fingerprint density at radius 2 is 2.24 bits per heavy atom. The van der Waals surface area contributed by atoms with Crippen LogP contribution in [0.4, 0.5) is 10.5 Å². The second kappa shape index (κ2) is 5.08. The first kappa shape index (κ1) is 11.8. The Morgan fingerprint density at radius 3 is 2.94 bits per heavy atom. The Hall–Kier alpha value is -1.71. The van der Waals surface area contributed by atoms with E-state index in [2.05, 4.69) is 36.6 Å². The predicted octanol–water partition coefficient (Wildman–Crippen LogP) is 1.74. The monoisotopic (exact) mass is 233 g/mol. The molecule has 1 fully saturated rings. The van der Waals surface area contributed by atoms with Gasteiger partial charge in [0.25, 0.3) is 0 Å². The molecule has 0 radical (unpaired) electrons. The second-order valence-electron chi connectivity index (χ2n) is 4.39. The van der Waals surface area contributed by atoms with Gasteiger partial charge < -0.3 is 15.5 Å². The average molecular weight is 233 g/mol. The zero-order valence-electron chi connectivity index (χ0n) is 10.4. The van der Waals surface area contributed by atoms with Crippen LogP contribution >= 0.6 is 0 Å². The summed E-state index contributed by atoms with van der Waals surface area (Å²) in [5, 5.41) is 6.18. The molecule has 0 spiro atoms. The molecule has 1 aliphatic rings. The van der Waals surface area contributed by atoms with E-state index in [1.165, 1.54) is 11.1 Å². The van der Waals surface area contributed by atoms with Gasteiger partial charge in [0.1, 0.15) is 0 Å². The van der Waals surface area contributed by atoms with E-state index in [0.717, 1.165) is 31.9 Å². The molecular formula is C13H19N3O. The maximum absolute atomic E-state index is 11.3. The molecule has 92 valence electrons. The van der Waals surface area contributed by atoms with Crippen LogP contribution in [-0.4, -0.2) is 37.1 Å². The van der Waals surface area contributed by atoms with E-state index < -0.39 is 0 Å². The van der Waals surface area contributed by atoms with E-state index >= 15 is 0 Å². The van der Waals surface area contributed by atoms with E-state index in [9.17, 15) is 4.79 Å². The summed E-state index contributed by atoms with van der Waals surface area (Å²) in [6.07, 6.45) is 0. The van der Waals surface area contributed by atoms with Crippen LogP contribution < -0.4 is 10.6 Å². The molecule has 1 aromatic rings. The summed E-state index contributed by atoms with van der Waals surface area (Å²) in [5.41, 5.74) is 3.72. The topological polar surface area (TPSA) is 44.4 Å². The quantitative estimate of drug-likeness (QED) is 0.832. The molecule has 4 heteroatoms. The van der Waals surface area contributed by atoms with Crippen molar-refractivity contribution in [2.75, 3.05) is 31.5 Å². The first-order valence-electron chi connectivity index (χ1n) is 6.01. The fourth-order valence-electron chi connectivity index (χ4n) is 1.99. The first-order valence-corrected chi connectivity index (χ1v) is 6.01. The Morgan fingerprint density at radius 1 is 1.41 bits per heavy atom. The number of anilines is 1. The summed E-state index contributed by atoms with van der Waals surface area (Å²) >= 11 is 0. The fourth-order valence-corrected chi connectivity index (χ4v) is 1.99. The van der Waals surface area contributed by atoms with Crippen molar-refractivity contribution in [3.05, 3.63) is 29.3 Å². The largest absolute Gasteiger partial charge is 0.383 e. The average Bonchev–Trinajstić information content (AvgIpc) is 2.71. The highest BCUT2D eigenvalue weighted by Crippen LogP contribution is 2.17. The normalized spacial score (nSPS) is 14.9. The van der Waals surface area contributed by atoms with Crippen molar-refractivity contribution in [1.29, 1.82) is 0 Å². The van der Waals surface area contributed by atoms with Crippen LogP contribution in [0.1, 0.15) is 11.1 Å². The van der Waals surface area contributed by atoms with Crippen molar-refractivity contribution in [1.82, 2.24) is 10.2 Å². The van der Waals surface area contributed by atoms with Gasteiger partial charge in [-0.15, -0.1) is 0 Å². The summed E-state index contributed by atoms with van der Waals surface area (Å²) in [5.74, 6) is 0. The number of hydrogen-bond donors (Lipinski definition) is 2. The van der Waals surface area contributed by atoms with E-state index in [-0.39, 0.29) is 6.03 Å². The lowest BCUT2D eigenvalue weighted by atomic mass is 10.1. The number of rotatable bonds is 4. The molecule has 2 rings (SSSR count). The third-order valence-corrected chi connectivity index (χ3v) is 3.25. The minimum absolute atomic E-state index is 0.0489. The number of urea groups is 1. The zero-order chi connectivity index (χ0) is 12.3. The van der Waals surface area contributed by atoms with Crippen molar-refractivity contribution >= 4 is 11.7 Å². The van der Waals surface area contributed by atoms with Gasteiger partial charge in [0, 0.05) is 31.9 Å². The van der Waals surface area contributed by atoms with Crippen molar-refractivity contribution < 1.29 is 4.79 Å². The number of carbonyl (C=O) groups is 1. The molecule has 4 nitrogen and oxygen atoms in total. The van der Waals surface area contributed by atoms with Crippen LogP contribution in [0.2, 0.25) is 0 Å². The van der Waals surface area contributed by atoms with Crippen LogP contribution in [0.5, 0.6) is 0 Å². The van der Waals surface area contributed by atoms with Crippen molar-refractivity contribution in [2.45, 2.75) is 13.8 Å². The van der Waals surface area contributed by atoms with Crippen molar-refractivity contribution in [3.63, 3.8) is 0 Å². The van der Waals surface area contributed by atoms with Crippen molar-refractivity contribution in [3.8, 4) is 0 Å². The summed E-state index contributed by atoms with van der Waals surface area (Å²) in [6, 6.07) is 6.28. The Bertz CT molecular complexity index is 417. The standard InChI is InChI=1S/C13H19N3O/c1-10-4-3-5-12(11(10)2)14-6-8-16-9-7-15-13(16)17/h3-5,14H,6-9H2,1-2H3,(H,15,17). The van der Waals surface area contributed by atoms with Gasteiger partial charge in [-0.3, -0.25) is 0 Å². The molecule has 1 heterocycles. The van der Waals surface area contributed by atoms with E-state index in [4.69, 9.17) is 0 Å². The summed E-state index contributed by atoms with van der Waals surface area (Å²) in [4.78, 5) is 13.2. The molecule has 2 N–H and O–H groups in total. The Kier molecular flexibility index (Phi) is 3.52. The first-order chi connectivity index (χ1) is 8.18. The third kappa shape index (κ3) is 2.70. The second-order valence-corrected chi connectivity index (χ2v) is 4.39. The minimum Gasteiger partial charge on any atom is -0.383 e. The predicted molar refractivity (Wildman–Crippen MR) is 69.4 cm³/mol. The minimum atomic E-state index is 0.0489. The lowest BCUT2D eigenvalue weighted by Gasteiger charge is -2.16. The maximum atomic E-state index is 11.3. The van der Waals surface area contributed by atoms with Gasteiger partial charge in [0.15, 0.2) is 0 Å². The number of aryl methyl sites for hydroxylation is 1.